The predicted octanol–water partition coefficient (Wildman–Crippen LogP) is 1.05. The summed E-state index contributed by atoms with van der Waals surface area (Å²) in [4.78, 5) is 24.4. The van der Waals surface area contributed by atoms with Gasteiger partial charge in [-0.1, -0.05) is 0 Å². The molecule has 0 atom stereocenters. The Balaban J connectivity index is 2.06. The number of amides is 1. The first kappa shape index (κ1) is 11.7. The number of carbonyl (C=O) groups excluding carboxylic acids is 1. The fourth-order valence-electron chi connectivity index (χ4n) is 1.86. The van der Waals surface area contributed by atoms with E-state index in [9.17, 15) is 9.59 Å². The van der Waals surface area contributed by atoms with Crippen molar-refractivity contribution in [2.24, 2.45) is 5.92 Å². The van der Waals surface area contributed by atoms with Crippen molar-refractivity contribution < 1.29 is 14.7 Å². The van der Waals surface area contributed by atoms with Gasteiger partial charge in [-0.3, -0.25) is 9.59 Å². The maximum absolute atomic E-state index is 12.1. The molecule has 1 heterocycles. The summed E-state index contributed by atoms with van der Waals surface area (Å²) in [5.74, 6) is -0.421. The lowest BCUT2D eigenvalue weighted by Gasteiger charge is -2.17. The number of carboxylic acids is 1. The van der Waals surface area contributed by atoms with Crippen molar-refractivity contribution in [1.29, 1.82) is 0 Å². The normalized spacial score (nSPS) is 14.6. The van der Waals surface area contributed by atoms with Crippen LogP contribution in [0.5, 0.6) is 0 Å². The minimum absolute atomic E-state index is 0.108. The molecule has 1 aromatic rings. The molecule has 92 valence electrons. The van der Waals surface area contributed by atoms with E-state index < -0.39 is 5.97 Å². The Labute approximate surface area is 99.6 Å². The van der Waals surface area contributed by atoms with Gasteiger partial charge < -0.3 is 14.6 Å². The summed E-state index contributed by atoms with van der Waals surface area (Å²) < 4.78 is 1.47. The lowest BCUT2D eigenvalue weighted by molar-refractivity contribution is -0.137. The molecule has 0 spiro atoms. The first-order chi connectivity index (χ1) is 8.08. The Morgan fingerprint density at radius 2 is 2.24 bits per heavy atom. The molecule has 2 rings (SSSR count). The number of carboxylic acid groups (broad SMARTS) is 1. The average Bonchev–Trinajstić information content (AvgIpc) is 2.95. The molecule has 0 unspecified atom stereocenters. The number of aliphatic carboxylic acids is 1. The summed E-state index contributed by atoms with van der Waals surface area (Å²) in [7, 11) is 1.76. The highest BCUT2D eigenvalue weighted by Crippen LogP contribution is 2.29. The van der Waals surface area contributed by atoms with Crippen LogP contribution < -0.4 is 0 Å². The predicted molar refractivity (Wildman–Crippen MR) is 61.8 cm³/mol. The first-order valence-electron chi connectivity index (χ1n) is 5.70. The van der Waals surface area contributed by atoms with Gasteiger partial charge >= 0.3 is 5.97 Å². The third-order valence-corrected chi connectivity index (χ3v) is 2.93. The molecule has 0 aromatic carbocycles. The minimum Gasteiger partial charge on any atom is -0.480 e. The fourth-order valence-corrected chi connectivity index (χ4v) is 1.86. The van der Waals surface area contributed by atoms with E-state index in [0.717, 1.165) is 6.54 Å². The van der Waals surface area contributed by atoms with Crippen LogP contribution in [0.3, 0.4) is 0 Å². The van der Waals surface area contributed by atoms with Crippen LogP contribution in [-0.2, 0) is 11.3 Å². The van der Waals surface area contributed by atoms with E-state index in [1.165, 1.54) is 17.4 Å². The highest BCUT2D eigenvalue weighted by molar-refractivity contribution is 5.93. The van der Waals surface area contributed by atoms with Gasteiger partial charge in [-0.15, -0.1) is 0 Å². The Hall–Kier alpha value is -1.78. The Morgan fingerprint density at radius 1 is 1.53 bits per heavy atom. The first-order valence-corrected chi connectivity index (χ1v) is 5.70. The maximum atomic E-state index is 12.1. The maximum Gasteiger partial charge on any atom is 0.323 e. The molecule has 1 aromatic heterocycles. The standard InChI is InChI=1S/C12H16N2O3/c1-13(7-9-4-5-9)12(17)10-3-2-6-14(10)8-11(15)16/h2-3,6,9H,4-5,7-8H2,1H3,(H,15,16). The second kappa shape index (κ2) is 4.61. The molecule has 0 saturated heterocycles. The summed E-state index contributed by atoms with van der Waals surface area (Å²) in [5.41, 5.74) is 0.440. The third-order valence-electron chi connectivity index (χ3n) is 2.93. The molecular formula is C12H16N2O3. The summed E-state index contributed by atoms with van der Waals surface area (Å²) >= 11 is 0. The Bertz CT molecular complexity index is 435. The van der Waals surface area contributed by atoms with Crippen LogP contribution in [-0.4, -0.2) is 40.0 Å². The molecule has 0 bridgehead atoms. The number of hydrogen-bond acceptors (Lipinski definition) is 2. The summed E-state index contributed by atoms with van der Waals surface area (Å²) in [6.45, 7) is 0.586. The van der Waals surface area contributed by atoms with Crippen LogP contribution in [0.2, 0.25) is 0 Å². The highest BCUT2D eigenvalue weighted by Gasteiger charge is 2.26. The number of nitrogens with zero attached hydrogens (tertiary/aromatic N) is 2. The molecule has 5 heteroatoms. The van der Waals surface area contributed by atoms with Crippen molar-refractivity contribution >= 4 is 11.9 Å². The molecular weight excluding hydrogens is 220 g/mol. The Kier molecular flexibility index (Phi) is 3.17. The van der Waals surface area contributed by atoms with Crippen LogP contribution in [0.1, 0.15) is 23.3 Å². The largest absolute Gasteiger partial charge is 0.480 e. The van der Waals surface area contributed by atoms with Crippen molar-refractivity contribution in [3.63, 3.8) is 0 Å². The highest BCUT2D eigenvalue weighted by atomic mass is 16.4. The average molecular weight is 236 g/mol. The zero-order valence-electron chi connectivity index (χ0n) is 9.80. The molecule has 1 aliphatic carbocycles. The van der Waals surface area contributed by atoms with Crippen LogP contribution in [0.4, 0.5) is 0 Å². The lowest BCUT2D eigenvalue weighted by atomic mass is 10.3. The van der Waals surface area contributed by atoms with Crippen molar-refractivity contribution in [2.75, 3.05) is 13.6 Å². The molecule has 5 nitrogen and oxygen atoms in total. The molecule has 1 fully saturated rings. The van der Waals surface area contributed by atoms with Gasteiger partial charge in [-0.25, -0.2) is 0 Å². The quantitative estimate of drug-likeness (QED) is 0.831. The van der Waals surface area contributed by atoms with Gasteiger partial charge in [0.15, 0.2) is 0 Å². The number of carbonyl (C=O) groups is 2. The zero-order chi connectivity index (χ0) is 12.4. The second-order valence-corrected chi connectivity index (χ2v) is 4.54. The van der Waals surface area contributed by atoms with Gasteiger partial charge in [-0.05, 0) is 30.9 Å². The number of hydrogen-bond donors (Lipinski definition) is 1. The van der Waals surface area contributed by atoms with Crippen molar-refractivity contribution in [2.45, 2.75) is 19.4 Å². The topological polar surface area (TPSA) is 62.5 Å². The SMILES string of the molecule is CN(CC1CC1)C(=O)c1cccn1CC(=O)O. The molecule has 17 heavy (non-hydrogen) atoms. The van der Waals surface area contributed by atoms with Crippen LogP contribution in [0.15, 0.2) is 18.3 Å². The Morgan fingerprint density at radius 3 is 2.82 bits per heavy atom. The van der Waals surface area contributed by atoms with E-state index in [-0.39, 0.29) is 12.5 Å². The number of rotatable bonds is 5. The van der Waals surface area contributed by atoms with E-state index in [0.29, 0.717) is 11.6 Å². The molecule has 1 amide bonds. The van der Waals surface area contributed by atoms with Gasteiger partial charge in [0.25, 0.3) is 5.91 Å². The summed E-state index contributed by atoms with van der Waals surface area (Å²) in [5, 5.41) is 8.74. The van der Waals surface area contributed by atoms with E-state index >= 15 is 0 Å². The van der Waals surface area contributed by atoms with E-state index in [1.807, 2.05) is 0 Å². The minimum atomic E-state index is -0.944. The molecule has 1 aliphatic rings. The summed E-state index contributed by atoms with van der Waals surface area (Å²) in [6, 6.07) is 3.36. The van der Waals surface area contributed by atoms with Gasteiger partial charge in [-0.2, -0.15) is 0 Å². The third kappa shape index (κ3) is 2.87. The monoisotopic (exact) mass is 236 g/mol. The smallest absolute Gasteiger partial charge is 0.323 e. The molecule has 0 radical (unpaired) electrons. The van der Waals surface area contributed by atoms with Crippen LogP contribution >= 0.6 is 0 Å². The van der Waals surface area contributed by atoms with Gasteiger partial charge in [0.05, 0.1) is 0 Å². The lowest BCUT2D eigenvalue weighted by Crippen LogP contribution is -2.31. The van der Waals surface area contributed by atoms with Crippen molar-refractivity contribution in [1.82, 2.24) is 9.47 Å². The van der Waals surface area contributed by atoms with Gasteiger partial charge in [0.1, 0.15) is 12.2 Å². The zero-order valence-corrected chi connectivity index (χ0v) is 9.80. The van der Waals surface area contributed by atoms with E-state index in [2.05, 4.69) is 0 Å². The molecule has 1 N–H and O–H groups in total. The van der Waals surface area contributed by atoms with Crippen molar-refractivity contribution in [3.05, 3.63) is 24.0 Å². The van der Waals surface area contributed by atoms with Gasteiger partial charge in [0.2, 0.25) is 0 Å². The number of aromatic nitrogens is 1. The van der Waals surface area contributed by atoms with E-state index in [1.54, 1.807) is 30.3 Å². The van der Waals surface area contributed by atoms with Crippen molar-refractivity contribution in [3.8, 4) is 0 Å². The van der Waals surface area contributed by atoms with Crippen LogP contribution in [0.25, 0.3) is 0 Å². The second-order valence-electron chi connectivity index (χ2n) is 4.54. The fraction of sp³-hybridized carbons (Fsp3) is 0.500. The summed E-state index contributed by atoms with van der Waals surface area (Å²) in [6.07, 6.45) is 3.99. The molecule has 0 aliphatic heterocycles. The van der Waals surface area contributed by atoms with Gasteiger partial charge in [0, 0.05) is 19.8 Å². The van der Waals surface area contributed by atoms with Crippen LogP contribution in [0, 0.1) is 5.92 Å². The molecule has 1 saturated carbocycles. The van der Waals surface area contributed by atoms with E-state index in [4.69, 9.17) is 5.11 Å².